The number of rotatable bonds is 14. The fourth-order valence-corrected chi connectivity index (χ4v) is 4.31. The summed E-state index contributed by atoms with van der Waals surface area (Å²) in [7, 11) is -3.93. The molecule has 3 N–H and O–H groups in total. The van der Waals surface area contributed by atoms with Gasteiger partial charge >= 0.3 is 7.60 Å². The van der Waals surface area contributed by atoms with Gasteiger partial charge in [-0.25, -0.2) is 0 Å². The van der Waals surface area contributed by atoms with Crippen molar-refractivity contribution in [2.24, 2.45) is 0 Å². The molecule has 0 aliphatic heterocycles. The van der Waals surface area contributed by atoms with Gasteiger partial charge in [0.2, 0.25) is 0 Å². The number of hydrogen-bond acceptors (Lipinski definition) is 4. The Labute approximate surface area is 196 Å². The van der Waals surface area contributed by atoms with Crippen molar-refractivity contribution >= 4 is 7.60 Å². The van der Waals surface area contributed by atoms with E-state index in [1.807, 2.05) is 30.3 Å². The van der Waals surface area contributed by atoms with Crippen LogP contribution in [0.15, 0.2) is 65.3 Å². The largest absolute Gasteiger partial charge is 0.493 e. The maximum Gasteiger partial charge on any atom is 0.325 e. The van der Waals surface area contributed by atoms with Crippen molar-refractivity contribution < 1.29 is 23.5 Å². The second kappa shape index (κ2) is 12.8. The molecule has 6 nitrogen and oxygen atoms in total. The predicted molar refractivity (Wildman–Crippen MR) is 132 cm³/mol. The molecule has 0 unspecified atom stereocenters. The Kier molecular flexibility index (Phi) is 9.76. The van der Waals surface area contributed by atoms with Crippen LogP contribution in [0.2, 0.25) is 0 Å². The van der Waals surface area contributed by atoms with Crippen molar-refractivity contribution in [2.45, 2.75) is 45.6 Å². The van der Waals surface area contributed by atoms with Gasteiger partial charge in [-0.3, -0.25) is 4.57 Å². The molecular formula is C26H34NO5P. The minimum Gasteiger partial charge on any atom is -0.493 e. The van der Waals surface area contributed by atoms with Gasteiger partial charge in [0, 0.05) is 6.54 Å². The molecule has 0 spiro atoms. The molecule has 0 saturated carbocycles. The summed E-state index contributed by atoms with van der Waals surface area (Å²) in [5.74, 6) is 1.56. The van der Waals surface area contributed by atoms with E-state index in [-0.39, 0.29) is 6.16 Å². The predicted octanol–water partition coefficient (Wildman–Crippen LogP) is 5.70. The zero-order valence-corrected chi connectivity index (χ0v) is 20.1. The summed E-state index contributed by atoms with van der Waals surface area (Å²) in [6.07, 6.45) is 6.32. The van der Waals surface area contributed by atoms with Crippen LogP contribution in [-0.4, -0.2) is 29.1 Å². The lowest BCUT2D eigenvalue weighted by atomic mass is 10.1. The van der Waals surface area contributed by atoms with Crippen LogP contribution in [0.4, 0.5) is 0 Å². The Hall–Kier alpha value is -2.37. The maximum absolute atomic E-state index is 10.9. The number of aryl methyl sites for hydroxylation is 2. The zero-order chi connectivity index (χ0) is 23.5. The van der Waals surface area contributed by atoms with Crippen molar-refractivity contribution in [3.8, 4) is 17.1 Å². The Balaban J connectivity index is 1.47. The van der Waals surface area contributed by atoms with Gasteiger partial charge in [0.15, 0.2) is 0 Å². The summed E-state index contributed by atoms with van der Waals surface area (Å²) in [5, 5.41) is 3.23. The lowest BCUT2D eigenvalue weighted by Gasteiger charge is -2.13. The zero-order valence-electron chi connectivity index (χ0n) is 19.2. The van der Waals surface area contributed by atoms with Gasteiger partial charge < -0.3 is 24.3 Å². The van der Waals surface area contributed by atoms with E-state index in [2.05, 4.69) is 36.5 Å². The molecule has 0 amide bonds. The van der Waals surface area contributed by atoms with Crippen molar-refractivity contribution in [3.05, 3.63) is 77.6 Å². The van der Waals surface area contributed by atoms with Crippen molar-refractivity contribution in [3.63, 3.8) is 0 Å². The maximum atomic E-state index is 10.9. The Morgan fingerprint density at radius 2 is 1.85 bits per heavy atom. The van der Waals surface area contributed by atoms with Crippen LogP contribution < -0.4 is 10.1 Å². The van der Waals surface area contributed by atoms with Crippen LogP contribution in [-0.2, 0) is 17.5 Å². The molecule has 1 aromatic heterocycles. The lowest BCUT2D eigenvalue weighted by Crippen LogP contribution is -2.16. The molecule has 0 atom stereocenters. The molecule has 3 aromatic rings. The minimum atomic E-state index is -3.93. The Bertz CT molecular complexity index is 1030. The SMILES string of the molecule is Cc1cccc(CCCCCOc2ccc(CNCCCP(=O)(O)O)cc2-c2ccco2)c1. The van der Waals surface area contributed by atoms with Gasteiger partial charge in [-0.15, -0.1) is 0 Å². The minimum absolute atomic E-state index is 0.102. The number of benzene rings is 2. The van der Waals surface area contributed by atoms with Crippen LogP contribution >= 0.6 is 7.60 Å². The van der Waals surface area contributed by atoms with Gasteiger partial charge in [-0.2, -0.15) is 0 Å². The number of unbranched alkanes of at least 4 members (excludes halogenated alkanes) is 2. The number of furan rings is 1. The van der Waals surface area contributed by atoms with Crippen LogP contribution in [0.3, 0.4) is 0 Å². The first kappa shape index (κ1) is 25.3. The molecule has 0 saturated heterocycles. The van der Waals surface area contributed by atoms with Gasteiger partial charge in [-0.1, -0.05) is 35.9 Å². The Morgan fingerprint density at radius 3 is 2.61 bits per heavy atom. The van der Waals surface area contributed by atoms with E-state index in [9.17, 15) is 4.57 Å². The van der Waals surface area contributed by atoms with E-state index in [0.717, 1.165) is 48.3 Å². The molecule has 0 fully saturated rings. The molecule has 1 heterocycles. The van der Waals surface area contributed by atoms with Crippen LogP contribution in [0.1, 0.15) is 42.4 Å². The summed E-state index contributed by atoms with van der Waals surface area (Å²) >= 11 is 0. The highest BCUT2D eigenvalue weighted by atomic mass is 31.2. The molecule has 7 heteroatoms. The highest BCUT2D eigenvalue weighted by Crippen LogP contribution is 2.34. The number of hydrogen-bond donors (Lipinski definition) is 3. The summed E-state index contributed by atoms with van der Waals surface area (Å²) in [4.78, 5) is 17.9. The number of ether oxygens (including phenoxy) is 1. The molecule has 178 valence electrons. The molecule has 33 heavy (non-hydrogen) atoms. The van der Waals surface area contributed by atoms with E-state index in [0.29, 0.717) is 26.1 Å². The van der Waals surface area contributed by atoms with Crippen LogP contribution in [0.25, 0.3) is 11.3 Å². The molecule has 0 radical (unpaired) electrons. The average molecular weight is 472 g/mol. The molecule has 2 aromatic carbocycles. The third-order valence-corrected chi connectivity index (χ3v) is 6.31. The van der Waals surface area contributed by atoms with E-state index in [4.69, 9.17) is 18.9 Å². The second-order valence-corrected chi connectivity index (χ2v) is 10.2. The van der Waals surface area contributed by atoms with Crippen molar-refractivity contribution in [2.75, 3.05) is 19.3 Å². The average Bonchev–Trinajstić information content (AvgIpc) is 3.30. The Morgan fingerprint density at radius 1 is 0.970 bits per heavy atom. The molecule has 0 aliphatic carbocycles. The van der Waals surface area contributed by atoms with E-state index >= 15 is 0 Å². The highest BCUT2D eigenvalue weighted by molar-refractivity contribution is 7.51. The topological polar surface area (TPSA) is 91.9 Å². The first-order valence-corrected chi connectivity index (χ1v) is 13.3. The molecule has 0 bridgehead atoms. The summed E-state index contributed by atoms with van der Waals surface area (Å²) in [6, 6.07) is 18.5. The normalized spacial score (nSPS) is 11.6. The first-order valence-electron chi connectivity index (χ1n) is 11.5. The first-order chi connectivity index (χ1) is 15.9. The molecule has 0 aliphatic rings. The van der Waals surface area contributed by atoms with Crippen molar-refractivity contribution in [1.82, 2.24) is 5.32 Å². The smallest absolute Gasteiger partial charge is 0.325 e. The lowest BCUT2D eigenvalue weighted by molar-refractivity contribution is 0.305. The summed E-state index contributed by atoms with van der Waals surface area (Å²) in [5.41, 5.74) is 4.67. The van der Waals surface area contributed by atoms with Gasteiger partial charge in [0.1, 0.15) is 11.5 Å². The van der Waals surface area contributed by atoms with Crippen LogP contribution in [0.5, 0.6) is 5.75 Å². The fraction of sp³-hybridized carbons (Fsp3) is 0.385. The monoisotopic (exact) mass is 471 g/mol. The fourth-order valence-electron chi connectivity index (χ4n) is 3.74. The third-order valence-electron chi connectivity index (χ3n) is 5.41. The highest BCUT2D eigenvalue weighted by Gasteiger charge is 2.12. The summed E-state index contributed by atoms with van der Waals surface area (Å²) < 4.78 is 22.7. The molecular weight excluding hydrogens is 437 g/mol. The van der Waals surface area contributed by atoms with Gasteiger partial charge in [0.25, 0.3) is 0 Å². The quantitative estimate of drug-likeness (QED) is 0.206. The van der Waals surface area contributed by atoms with E-state index < -0.39 is 7.60 Å². The van der Waals surface area contributed by atoms with E-state index in [1.54, 1.807) is 6.26 Å². The third kappa shape index (κ3) is 9.18. The standard InChI is InChI=1S/C26H34NO5P/c1-21-8-5-10-22(18-21)9-3-2-4-15-31-26-13-12-23(19-24(26)25-11-6-16-32-25)20-27-14-7-17-33(28,29)30/h5-6,8,10-13,16,18-19,27H,2-4,7,9,14-15,17,20H2,1H3,(H2,28,29,30). The number of nitrogens with one attached hydrogen (secondary N) is 1. The molecule has 3 rings (SSSR count). The van der Waals surface area contributed by atoms with E-state index in [1.165, 1.54) is 11.1 Å². The second-order valence-electron chi connectivity index (χ2n) is 8.37. The van der Waals surface area contributed by atoms with Crippen LogP contribution in [0, 0.1) is 6.92 Å². The van der Waals surface area contributed by atoms with Crippen molar-refractivity contribution in [1.29, 1.82) is 0 Å². The summed E-state index contributed by atoms with van der Waals surface area (Å²) in [6.45, 7) is 3.93. The van der Waals surface area contributed by atoms with Gasteiger partial charge in [-0.05, 0) is 81.0 Å². The van der Waals surface area contributed by atoms with Gasteiger partial charge in [0.05, 0.1) is 24.6 Å².